The summed E-state index contributed by atoms with van der Waals surface area (Å²) in [5.74, 6) is -0.894. The van der Waals surface area contributed by atoms with E-state index in [-0.39, 0.29) is 0 Å². The van der Waals surface area contributed by atoms with Crippen LogP contribution in [0.15, 0.2) is 17.5 Å². The molecular weight excluding hydrogens is 246 g/mol. The van der Waals surface area contributed by atoms with Crippen molar-refractivity contribution < 1.29 is 9.90 Å². The van der Waals surface area contributed by atoms with E-state index in [4.69, 9.17) is 5.11 Å². The highest BCUT2D eigenvalue weighted by atomic mass is 32.1. The Kier molecular flexibility index (Phi) is 3.88. The van der Waals surface area contributed by atoms with Crippen LogP contribution in [0.4, 0.5) is 0 Å². The van der Waals surface area contributed by atoms with Gasteiger partial charge in [0.1, 0.15) is 0 Å². The van der Waals surface area contributed by atoms with Crippen molar-refractivity contribution in [2.75, 3.05) is 13.1 Å². The van der Waals surface area contributed by atoms with E-state index < -0.39 is 5.97 Å². The van der Waals surface area contributed by atoms with Crippen molar-refractivity contribution in [1.82, 2.24) is 4.90 Å². The SMILES string of the molecule is CC1(C)CCN(Cc2sccc2C=CC(=O)O)C1. The van der Waals surface area contributed by atoms with E-state index in [1.165, 1.54) is 17.4 Å². The van der Waals surface area contributed by atoms with E-state index in [2.05, 4.69) is 18.7 Å². The first-order valence-electron chi connectivity index (χ1n) is 6.16. The predicted molar refractivity (Wildman–Crippen MR) is 74.7 cm³/mol. The monoisotopic (exact) mass is 265 g/mol. The number of thiophene rings is 1. The quantitative estimate of drug-likeness (QED) is 0.851. The molecule has 0 bridgehead atoms. The third-order valence-electron chi connectivity index (χ3n) is 3.31. The Morgan fingerprint density at radius 2 is 2.39 bits per heavy atom. The van der Waals surface area contributed by atoms with Crippen molar-refractivity contribution >= 4 is 23.4 Å². The standard InChI is InChI=1S/C14H19NO2S/c1-14(2)6-7-15(10-14)9-12-11(5-8-18-12)3-4-13(16)17/h3-5,8H,6-7,9-10H2,1-2H3,(H,16,17). The van der Waals surface area contributed by atoms with E-state index in [0.29, 0.717) is 5.41 Å². The van der Waals surface area contributed by atoms with Gasteiger partial charge in [0.15, 0.2) is 0 Å². The maximum absolute atomic E-state index is 10.5. The first kappa shape index (κ1) is 13.3. The van der Waals surface area contributed by atoms with Gasteiger partial charge in [-0.3, -0.25) is 4.90 Å². The summed E-state index contributed by atoms with van der Waals surface area (Å²) >= 11 is 1.70. The van der Waals surface area contributed by atoms with Gasteiger partial charge in [0.25, 0.3) is 0 Å². The third kappa shape index (κ3) is 3.43. The van der Waals surface area contributed by atoms with Crippen LogP contribution in [0.25, 0.3) is 6.08 Å². The summed E-state index contributed by atoms with van der Waals surface area (Å²) in [6.07, 6.45) is 4.13. The highest BCUT2D eigenvalue weighted by Gasteiger charge is 2.29. The van der Waals surface area contributed by atoms with Crippen LogP contribution >= 0.6 is 11.3 Å². The van der Waals surface area contributed by atoms with E-state index in [1.54, 1.807) is 17.4 Å². The van der Waals surface area contributed by atoms with Crippen LogP contribution in [0.2, 0.25) is 0 Å². The van der Waals surface area contributed by atoms with Gasteiger partial charge in [0.2, 0.25) is 0 Å². The molecule has 0 unspecified atom stereocenters. The molecule has 1 aromatic rings. The fourth-order valence-electron chi connectivity index (χ4n) is 2.35. The second kappa shape index (κ2) is 5.24. The molecule has 4 heteroatoms. The van der Waals surface area contributed by atoms with Crippen molar-refractivity contribution in [3.05, 3.63) is 28.0 Å². The number of carboxylic acid groups (broad SMARTS) is 1. The van der Waals surface area contributed by atoms with E-state index >= 15 is 0 Å². The fraction of sp³-hybridized carbons (Fsp3) is 0.500. The molecule has 1 N–H and O–H groups in total. The molecule has 0 aliphatic carbocycles. The van der Waals surface area contributed by atoms with Gasteiger partial charge in [-0.25, -0.2) is 4.79 Å². The Bertz CT molecular complexity index is 462. The molecule has 3 nitrogen and oxygen atoms in total. The summed E-state index contributed by atoms with van der Waals surface area (Å²) in [4.78, 5) is 14.2. The van der Waals surface area contributed by atoms with Crippen molar-refractivity contribution in [1.29, 1.82) is 0 Å². The zero-order valence-electron chi connectivity index (χ0n) is 10.8. The van der Waals surface area contributed by atoms with Crippen LogP contribution in [0.3, 0.4) is 0 Å². The minimum Gasteiger partial charge on any atom is -0.478 e. The number of rotatable bonds is 4. The zero-order chi connectivity index (χ0) is 13.2. The zero-order valence-corrected chi connectivity index (χ0v) is 11.7. The summed E-state index contributed by atoms with van der Waals surface area (Å²) in [6.45, 7) is 7.78. The lowest BCUT2D eigenvalue weighted by Gasteiger charge is -2.19. The Hall–Kier alpha value is -1.13. The molecule has 0 spiro atoms. The highest BCUT2D eigenvalue weighted by molar-refractivity contribution is 7.10. The molecule has 1 aliphatic rings. The summed E-state index contributed by atoms with van der Waals surface area (Å²) in [7, 11) is 0. The Morgan fingerprint density at radius 3 is 3.00 bits per heavy atom. The van der Waals surface area contributed by atoms with Gasteiger partial charge in [0.05, 0.1) is 0 Å². The summed E-state index contributed by atoms with van der Waals surface area (Å²) in [5, 5.41) is 10.7. The van der Waals surface area contributed by atoms with Crippen LogP contribution in [0.5, 0.6) is 0 Å². The van der Waals surface area contributed by atoms with Gasteiger partial charge < -0.3 is 5.11 Å². The minimum atomic E-state index is -0.894. The lowest BCUT2D eigenvalue weighted by atomic mass is 9.93. The second-order valence-corrected chi connectivity index (χ2v) is 6.60. The molecule has 1 aliphatic heterocycles. The maximum atomic E-state index is 10.5. The fourth-order valence-corrected chi connectivity index (χ4v) is 3.26. The number of carbonyl (C=O) groups is 1. The van der Waals surface area contributed by atoms with Crippen molar-refractivity contribution in [3.63, 3.8) is 0 Å². The van der Waals surface area contributed by atoms with Gasteiger partial charge in [-0.1, -0.05) is 13.8 Å². The average molecular weight is 265 g/mol. The second-order valence-electron chi connectivity index (χ2n) is 5.60. The lowest BCUT2D eigenvalue weighted by Crippen LogP contribution is -2.22. The van der Waals surface area contributed by atoms with Crippen LogP contribution < -0.4 is 0 Å². The van der Waals surface area contributed by atoms with E-state index in [1.807, 2.05) is 11.4 Å². The van der Waals surface area contributed by atoms with Gasteiger partial charge in [-0.05, 0) is 41.5 Å². The van der Waals surface area contributed by atoms with Crippen LogP contribution in [-0.2, 0) is 11.3 Å². The molecule has 0 saturated carbocycles. The molecule has 1 fully saturated rings. The molecule has 0 radical (unpaired) electrons. The highest BCUT2D eigenvalue weighted by Crippen LogP contribution is 2.31. The summed E-state index contributed by atoms with van der Waals surface area (Å²) < 4.78 is 0. The van der Waals surface area contributed by atoms with Gasteiger partial charge in [0, 0.05) is 24.0 Å². The summed E-state index contributed by atoms with van der Waals surface area (Å²) in [6, 6.07) is 1.99. The number of likely N-dealkylation sites (tertiary alicyclic amines) is 1. The smallest absolute Gasteiger partial charge is 0.328 e. The third-order valence-corrected chi connectivity index (χ3v) is 4.23. The Balaban J connectivity index is 2.02. The van der Waals surface area contributed by atoms with Crippen molar-refractivity contribution in [3.8, 4) is 0 Å². The van der Waals surface area contributed by atoms with Crippen LogP contribution in [0.1, 0.15) is 30.7 Å². The van der Waals surface area contributed by atoms with Crippen LogP contribution in [0, 0.1) is 5.41 Å². The molecule has 0 atom stereocenters. The molecular formula is C14H19NO2S. The molecule has 0 amide bonds. The normalized spacial score (nSPS) is 19.7. The maximum Gasteiger partial charge on any atom is 0.328 e. The van der Waals surface area contributed by atoms with E-state index in [0.717, 1.165) is 25.2 Å². The molecule has 18 heavy (non-hydrogen) atoms. The number of aliphatic carboxylic acids is 1. The average Bonchev–Trinajstić information content (AvgIpc) is 2.83. The lowest BCUT2D eigenvalue weighted by molar-refractivity contribution is -0.131. The number of carboxylic acids is 1. The number of nitrogens with zero attached hydrogens (tertiary/aromatic N) is 1. The largest absolute Gasteiger partial charge is 0.478 e. The van der Waals surface area contributed by atoms with Gasteiger partial charge in [-0.15, -0.1) is 11.3 Å². The molecule has 1 saturated heterocycles. The predicted octanol–water partition coefficient (Wildman–Crippen LogP) is 3.08. The molecule has 1 aromatic heterocycles. The molecule has 0 aromatic carbocycles. The number of hydrogen-bond donors (Lipinski definition) is 1. The first-order chi connectivity index (χ1) is 8.46. The summed E-state index contributed by atoms with van der Waals surface area (Å²) in [5.41, 5.74) is 1.45. The molecule has 2 rings (SSSR count). The van der Waals surface area contributed by atoms with Gasteiger partial charge in [-0.2, -0.15) is 0 Å². The topological polar surface area (TPSA) is 40.5 Å². The number of hydrogen-bond acceptors (Lipinski definition) is 3. The Labute approximate surface area is 112 Å². The van der Waals surface area contributed by atoms with Crippen molar-refractivity contribution in [2.45, 2.75) is 26.8 Å². The van der Waals surface area contributed by atoms with Crippen LogP contribution in [-0.4, -0.2) is 29.1 Å². The Morgan fingerprint density at radius 1 is 1.61 bits per heavy atom. The molecule has 2 heterocycles. The minimum absolute atomic E-state index is 0.411. The van der Waals surface area contributed by atoms with Gasteiger partial charge >= 0.3 is 5.97 Å². The first-order valence-corrected chi connectivity index (χ1v) is 7.04. The van der Waals surface area contributed by atoms with E-state index in [9.17, 15) is 4.79 Å². The molecule has 98 valence electrons. The van der Waals surface area contributed by atoms with Crippen molar-refractivity contribution in [2.24, 2.45) is 5.41 Å².